The molecule has 2 aromatic rings. The van der Waals surface area contributed by atoms with Crippen molar-refractivity contribution >= 4 is 39.9 Å². The van der Waals surface area contributed by atoms with Gasteiger partial charge in [-0.05, 0) is 35.2 Å². The number of benzene rings is 2. The van der Waals surface area contributed by atoms with Crippen LogP contribution in [0.25, 0.3) is 0 Å². The molecule has 2 heterocycles. The number of likely N-dealkylation sites (tertiary alicyclic amines) is 1. The summed E-state index contributed by atoms with van der Waals surface area (Å²) in [5.74, 6) is -0.996. The van der Waals surface area contributed by atoms with Gasteiger partial charge in [0.25, 0.3) is 5.91 Å². The Morgan fingerprint density at radius 2 is 1.89 bits per heavy atom. The number of β-amino-alcohol motifs (C(OH)–C–C–N with tert-alkyl or cyclic N) is 1. The summed E-state index contributed by atoms with van der Waals surface area (Å²) in [7, 11) is 0. The van der Waals surface area contributed by atoms with Gasteiger partial charge in [0.15, 0.2) is 0 Å². The van der Waals surface area contributed by atoms with Crippen LogP contribution in [-0.4, -0.2) is 73.9 Å². The van der Waals surface area contributed by atoms with Crippen LogP contribution < -0.4 is 5.32 Å². The van der Waals surface area contributed by atoms with E-state index in [0.29, 0.717) is 17.8 Å². The van der Waals surface area contributed by atoms with E-state index >= 15 is 0 Å². The first kappa shape index (κ1) is 25.0. The highest BCUT2D eigenvalue weighted by atomic mass is 27.1. The van der Waals surface area contributed by atoms with Crippen LogP contribution in [0, 0.1) is 5.92 Å². The zero-order valence-corrected chi connectivity index (χ0v) is 20.9. The van der Waals surface area contributed by atoms with Gasteiger partial charge in [0.2, 0.25) is 11.8 Å². The van der Waals surface area contributed by atoms with Crippen LogP contribution in [0.5, 0.6) is 0 Å². The van der Waals surface area contributed by atoms with E-state index in [9.17, 15) is 19.5 Å². The van der Waals surface area contributed by atoms with E-state index in [4.69, 9.17) is 0 Å². The van der Waals surface area contributed by atoms with Crippen LogP contribution in [0.3, 0.4) is 0 Å². The third kappa shape index (κ3) is 5.30. The SMILES string of the molecule is CC(C)[C@@H](C(=O)N1C[C@H](O)C[C@H]1C(=O)NCc1ccc(N=[N][Al])cc1)N1Cc2ccccc2C1=O. The summed E-state index contributed by atoms with van der Waals surface area (Å²) in [6, 6.07) is 13.1. The van der Waals surface area contributed by atoms with Gasteiger partial charge in [0.05, 0.1) is 11.8 Å². The lowest BCUT2D eigenvalue weighted by molar-refractivity contribution is -0.143. The van der Waals surface area contributed by atoms with Gasteiger partial charge in [-0.15, -0.1) is 0 Å². The van der Waals surface area contributed by atoms with Gasteiger partial charge in [0.1, 0.15) is 12.1 Å². The molecule has 2 aromatic carbocycles. The first-order valence-electron chi connectivity index (χ1n) is 11.6. The van der Waals surface area contributed by atoms with Crippen LogP contribution in [0.15, 0.2) is 57.7 Å². The highest BCUT2D eigenvalue weighted by molar-refractivity contribution is 6.05. The van der Waals surface area contributed by atoms with Crippen molar-refractivity contribution in [3.63, 3.8) is 0 Å². The molecule has 0 saturated carbocycles. The lowest BCUT2D eigenvalue weighted by atomic mass is 10.0. The molecule has 3 amide bonds. The first-order chi connectivity index (χ1) is 16.8. The Morgan fingerprint density at radius 1 is 1.17 bits per heavy atom. The fraction of sp³-hybridized carbons (Fsp3) is 0.400. The molecular weight excluding hydrogens is 461 g/mol. The van der Waals surface area contributed by atoms with Crippen molar-refractivity contribution in [2.75, 3.05) is 6.54 Å². The maximum absolute atomic E-state index is 13.7. The van der Waals surface area contributed by atoms with Gasteiger partial charge in [0, 0.05) is 31.6 Å². The number of hydrogen-bond acceptors (Lipinski definition) is 6. The number of aliphatic hydroxyl groups is 1. The molecule has 3 atom stereocenters. The number of nitrogens with one attached hydrogen (secondary N) is 1. The summed E-state index contributed by atoms with van der Waals surface area (Å²) >= 11 is 2.17. The third-order valence-electron chi connectivity index (χ3n) is 6.51. The van der Waals surface area contributed by atoms with Crippen LogP contribution >= 0.6 is 0 Å². The molecule has 35 heavy (non-hydrogen) atoms. The molecule has 0 aliphatic carbocycles. The quantitative estimate of drug-likeness (QED) is 0.458. The normalized spacial score (nSPS) is 20.5. The highest BCUT2D eigenvalue weighted by Crippen LogP contribution is 2.30. The van der Waals surface area contributed by atoms with Crippen molar-refractivity contribution in [2.24, 2.45) is 15.1 Å². The number of aliphatic hydroxyl groups excluding tert-OH is 1. The van der Waals surface area contributed by atoms with Gasteiger partial charge in [-0.2, -0.15) is 5.11 Å². The lowest BCUT2D eigenvalue weighted by Gasteiger charge is -2.35. The summed E-state index contributed by atoms with van der Waals surface area (Å²) in [6.07, 6.45) is -0.644. The summed E-state index contributed by atoms with van der Waals surface area (Å²) in [5, 5.41) is 17.1. The van der Waals surface area contributed by atoms with Gasteiger partial charge in [-0.1, -0.05) is 44.2 Å². The molecule has 2 aliphatic rings. The number of fused-ring (bicyclic) bond motifs is 1. The number of rotatable bonds is 7. The van der Waals surface area contributed by atoms with E-state index in [1.807, 2.05) is 44.2 Å². The molecule has 0 spiro atoms. The van der Waals surface area contributed by atoms with Crippen molar-refractivity contribution in [3.8, 4) is 0 Å². The predicted octanol–water partition coefficient (Wildman–Crippen LogP) is 2.11. The van der Waals surface area contributed by atoms with Gasteiger partial charge < -0.3 is 24.3 Å². The van der Waals surface area contributed by atoms with E-state index in [1.54, 1.807) is 23.1 Å². The standard InChI is InChI=1S/C25H28N5O4.Al/c1-15(2)22(30-13-17-5-3-4-6-20(17)24(30)33)25(34)29-14-19(31)11-21(29)23(32)27-12-16-7-9-18(28-26)10-8-16;/h3-10,15,19,21-22,31H,11-14H2,1-2H3,(H,27,32);/q-1;+1/t19-,21+,22+;/m1./s1. The van der Waals surface area contributed by atoms with Crippen molar-refractivity contribution < 1.29 is 19.5 Å². The number of carbonyl (C=O) groups is 3. The molecule has 0 bridgehead atoms. The second kappa shape index (κ2) is 10.7. The molecule has 4 rings (SSSR count). The summed E-state index contributed by atoms with van der Waals surface area (Å²) < 4.78 is 3.65. The van der Waals surface area contributed by atoms with E-state index in [2.05, 4.69) is 31.0 Å². The molecular formula is C25H28AlN5O4. The Kier molecular flexibility index (Phi) is 7.65. The first-order valence-corrected chi connectivity index (χ1v) is 12.2. The second-order valence-electron chi connectivity index (χ2n) is 9.27. The summed E-state index contributed by atoms with van der Waals surface area (Å²) in [4.78, 5) is 42.9. The number of carbonyl (C=O) groups excluding carboxylic acids is 3. The van der Waals surface area contributed by atoms with Gasteiger partial charge in [-0.25, -0.2) is 0 Å². The summed E-state index contributed by atoms with van der Waals surface area (Å²) in [5.41, 5.74) is 3.06. The maximum Gasteiger partial charge on any atom is 0.386 e. The van der Waals surface area contributed by atoms with Crippen molar-refractivity contribution in [2.45, 2.75) is 51.5 Å². The van der Waals surface area contributed by atoms with E-state index in [1.165, 1.54) is 4.90 Å². The average Bonchev–Trinajstić information content (AvgIpc) is 3.39. The molecule has 0 aromatic heterocycles. The number of nitrogens with zero attached hydrogens (tertiary/aromatic N) is 4. The molecule has 0 unspecified atom stereocenters. The van der Waals surface area contributed by atoms with Gasteiger partial charge in [-0.3, -0.25) is 14.4 Å². The molecule has 1 saturated heterocycles. The second-order valence-corrected chi connectivity index (χ2v) is 9.51. The van der Waals surface area contributed by atoms with Crippen molar-refractivity contribution in [3.05, 3.63) is 65.2 Å². The topological polar surface area (TPSA) is 115 Å². The van der Waals surface area contributed by atoms with Crippen LogP contribution in [0.1, 0.15) is 41.8 Å². The predicted molar refractivity (Wildman–Crippen MR) is 130 cm³/mol. The maximum atomic E-state index is 13.7. The smallest absolute Gasteiger partial charge is 0.386 e. The number of hydrogen-bond donors (Lipinski definition) is 2. The minimum Gasteiger partial charge on any atom is -0.391 e. The lowest BCUT2D eigenvalue weighted by Crippen LogP contribution is -2.55. The molecule has 1 fully saturated rings. The van der Waals surface area contributed by atoms with Crippen LogP contribution in [0.4, 0.5) is 5.69 Å². The molecule has 2 aliphatic heterocycles. The fourth-order valence-corrected chi connectivity index (χ4v) is 4.94. The monoisotopic (exact) mass is 489 g/mol. The van der Waals surface area contributed by atoms with E-state index < -0.39 is 18.2 Å². The average molecular weight is 490 g/mol. The molecule has 2 radical (unpaired) electrons. The number of amides is 3. The van der Waals surface area contributed by atoms with Crippen molar-refractivity contribution in [1.82, 2.24) is 15.1 Å². The largest absolute Gasteiger partial charge is 0.391 e. The van der Waals surface area contributed by atoms with E-state index in [0.717, 1.165) is 11.1 Å². The minimum absolute atomic E-state index is 0.0594. The third-order valence-corrected chi connectivity index (χ3v) is 6.63. The molecule has 9 nitrogen and oxygen atoms in total. The Labute approximate surface area is 212 Å². The zero-order chi connectivity index (χ0) is 25.1. The zero-order valence-electron chi connectivity index (χ0n) is 19.8. The van der Waals surface area contributed by atoms with Crippen molar-refractivity contribution in [1.29, 1.82) is 0 Å². The minimum atomic E-state index is -0.802. The Morgan fingerprint density at radius 3 is 2.54 bits per heavy atom. The van der Waals surface area contributed by atoms with Gasteiger partial charge >= 0.3 is 16.5 Å². The Bertz CT molecular complexity index is 1140. The Hall–Kier alpha value is -3.06. The molecule has 2 N–H and O–H groups in total. The highest BCUT2D eigenvalue weighted by Gasteiger charge is 2.45. The van der Waals surface area contributed by atoms with E-state index in [-0.39, 0.29) is 43.1 Å². The van der Waals surface area contributed by atoms with Crippen LogP contribution in [-0.2, 0) is 22.7 Å². The summed E-state index contributed by atoms with van der Waals surface area (Å²) in [6.45, 7) is 4.47. The molecule has 10 heteroatoms. The van der Waals surface area contributed by atoms with Crippen LogP contribution in [0.2, 0.25) is 0 Å². The molecule has 180 valence electrons. The fourth-order valence-electron chi connectivity index (χ4n) is 4.81. The Balaban J connectivity index is 1.47.